The Morgan fingerprint density at radius 1 is 1.11 bits per heavy atom. The van der Waals surface area contributed by atoms with Crippen LogP contribution in [-0.4, -0.2) is 30.3 Å². The van der Waals surface area contributed by atoms with Gasteiger partial charge in [-0.1, -0.05) is 6.07 Å². The van der Waals surface area contributed by atoms with Crippen molar-refractivity contribution < 1.29 is 14.0 Å². The van der Waals surface area contributed by atoms with Crippen LogP contribution in [0.4, 0.5) is 14.9 Å². The first-order chi connectivity index (χ1) is 13.1. The predicted octanol–water partition coefficient (Wildman–Crippen LogP) is 4.02. The highest BCUT2D eigenvalue weighted by molar-refractivity contribution is 7.99. The third-order valence-corrected chi connectivity index (χ3v) is 5.08. The van der Waals surface area contributed by atoms with Crippen LogP contribution in [0.25, 0.3) is 0 Å². The number of carbonyl (C=O) groups is 2. The predicted molar refractivity (Wildman–Crippen MR) is 106 cm³/mol. The summed E-state index contributed by atoms with van der Waals surface area (Å²) in [4.78, 5) is 25.0. The van der Waals surface area contributed by atoms with Crippen molar-refractivity contribution in [3.8, 4) is 0 Å². The molecule has 27 heavy (non-hydrogen) atoms. The van der Waals surface area contributed by atoms with E-state index in [-0.39, 0.29) is 17.8 Å². The van der Waals surface area contributed by atoms with E-state index in [0.29, 0.717) is 23.8 Å². The summed E-state index contributed by atoms with van der Waals surface area (Å²) in [6.45, 7) is 0.530. The van der Waals surface area contributed by atoms with Crippen LogP contribution in [-0.2, 0) is 0 Å². The molecule has 1 fully saturated rings. The Balaban J connectivity index is 1.36. The fourth-order valence-electron chi connectivity index (χ4n) is 2.40. The van der Waals surface area contributed by atoms with E-state index in [4.69, 9.17) is 0 Å². The highest BCUT2D eigenvalue weighted by Gasteiger charge is 2.23. The van der Waals surface area contributed by atoms with Gasteiger partial charge >= 0.3 is 6.03 Å². The van der Waals surface area contributed by atoms with Gasteiger partial charge in [0.25, 0.3) is 5.91 Å². The summed E-state index contributed by atoms with van der Waals surface area (Å²) in [6, 6.07) is 13.2. The van der Waals surface area contributed by atoms with E-state index in [0.717, 1.165) is 29.9 Å². The first-order valence-corrected chi connectivity index (χ1v) is 9.93. The van der Waals surface area contributed by atoms with Gasteiger partial charge in [-0.2, -0.15) is 0 Å². The molecule has 2 aromatic rings. The van der Waals surface area contributed by atoms with Crippen LogP contribution in [0.15, 0.2) is 53.4 Å². The van der Waals surface area contributed by atoms with Gasteiger partial charge in [0.1, 0.15) is 5.82 Å². The van der Waals surface area contributed by atoms with Gasteiger partial charge in [0, 0.05) is 28.7 Å². The Labute approximate surface area is 162 Å². The van der Waals surface area contributed by atoms with E-state index in [9.17, 15) is 14.0 Å². The van der Waals surface area contributed by atoms with E-state index in [1.54, 1.807) is 48.2 Å². The van der Waals surface area contributed by atoms with E-state index in [2.05, 4.69) is 16.0 Å². The summed E-state index contributed by atoms with van der Waals surface area (Å²) in [5, 5.41) is 8.46. The molecule has 0 aliphatic heterocycles. The average molecular weight is 387 g/mol. The van der Waals surface area contributed by atoms with Crippen LogP contribution >= 0.6 is 11.8 Å². The lowest BCUT2D eigenvalue weighted by Crippen LogP contribution is -2.30. The van der Waals surface area contributed by atoms with E-state index >= 15 is 0 Å². The van der Waals surface area contributed by atoms with Crippen LogP contribution in [0.2, 0.25) is 0 Å². The molecule has 0 radical (unpaired) electrons. The molecule has 0 atom stereocenters. The number of hydrogen-bond donors (Lipinski definition) is 3. The molecule has 3 rings (SSSR count). The maximum absolute atomic E-state index is 12.8. The monoisotopic (exact) mass is 387 g/mol. The molecule has 7 heteroatoms. The second kappa shape index (κ2) is 9.41. The number of benzene rings is 2. The molecule has 2 aromatic carbocycles. The fourth-order valence-corrected chi connectivity index (χ4v) is 3.26. The van der Waals surface area contributed by atoms with Crippen LogP contribution in [0.1, 0.15) is 29.6 Å². The zero-order chi connectivity index (χ0) is 19.1. The Kier molecular flexibility index (Phi) is 6.70. The van der Waals surface area contributed by atoms with E-state index < -0.39 is 0 Å². The van der Waals surface area contributed by atoms with Crippen molar-refractivity contribution >= 4 is 29.4 Å². The Morgan fingerprint density at radius 3 is 2.63 bits per heavy atom. The second-order valence-electron chi connectivity index (χ2n) is 6.37. The molecule has 0 spiro atoms. The number of anilines is 1. The molecule has 1 saturated carbocycles. The number of hydrogen-bond acceptors (Lipinski definition) is 3. The minimum atomic E-state index is -0.304. The summed E-state index contributed by atoms with van der Waals surface area (Å²) >= 11 is 1.62. The molecular weight excluding hydrogens is 365 g/mol. The first-order valence-electron chi connectivity index (χ1n) is 8.94. The summed E-state index contributed by atoms with van der Waals surface area (Å²) in [5.74, 6) is 0.467. The molecule has 0 bridgehead atoms. The van der Waals surface area contributed by atoms with Gasteiger partial charge in [0.2, 0.25) is 0 Å². The number of amides is 3. The highest BCUT2D eigenvalue weighted by atomic mass is 32.2. The normalized spacial score (nSPS) is 13.1. The van der Waals surface area contributed by atoms with Crippen molar-refractivity contribution in [3.63, 3.8) is 0 Å². The van der Waals surface area contributed by atoms with Crippen molar-refractivity contribution in [2.45, 2.75) is 30.2 Å². The van der Waals surface area contributed by atoms with Crippen molar-refractivity contribution in [1.82, 2.24) is 10.6 Å². The summed E-state index contributed by atoms with van der Waals surface area (Å²) in [5.41, 5.74) is 1.12. The second-order valence-corrected chi connectivity index (χ2v) is 7.53. The lowest BCUT2D eigenvalue weighted by atomic mass is 10.2. The number of rotatable bonds is 8. The van der Waals surface area contributed by atoms with Gasteiger partial charge in [-0.3, -0.25) is 4.79 Å². The highest BCUT2D eigenvalue weighted by Crippen LogP contribution is 2.20. The molecule has 3 amide bonds. The molecule has 1 aliphatic rings. The zero-order valence-corrected chi connectivity index (χ0v) is 15.7. The Morgan fingerprint density at radius 2 is 1.89 bits per heavy atom. The molecule has 1 aliphatic carbocycles. The number of carbonyl (C=O) groups excluding carboxylic acids is 2. The molecule has 3 N–H and O–H groups in total. The minimum Gasteiger partial charge on any atom is -0.349 e. The number of urea groups is 1. The van der Waals surface area contributed by atoms with Crippen molar-refractivity contribution in [2.24, 2.45) is 0 Å². The number of nitrogens with one attached hydrogen (secondary N) is 3. The van der Waals surface area contributed by atoms with Crippen molar-refractivity contribution in [2.75, 3.05) is 17.6 Å². The van der Waals surface area contributed by atoms with Crippen molar-refractivity contribution in [3.05, 3.63) is 59.9 Å². The van der Waals surface area contributed by atoms with Crippen LogP contribution in [0.5, 0.6) is 0 Å². The quantitative estimate of drug-likeness (QED) is 0.473. The zero-order valence-electron chi connectivity index (χ0n) is 14.8. The summed E-state index contributed by atoms with van der Waals surface area (Å²) in [7, 11) is 0. The molecule has 0 heterocycles. The molecule has 0 aromatic heterocycles. The Hall–Kier alpha value is -2.54. The molecule has 0 unspecified atom stereocenters. The van der Waals surface area contributed by atoms with Gasteiger partial charge in [-0.05, 0) is 67.5 Å². The maximum Gasteiger partial charge on any atom is 0.319 e. The topological polar surface area (TPSA) is 70.2 Å². The fraction of sp³-hybridized carbons (Fsp3) is 0.300. The van der Waals surface area contributed by atoms with E-state index in [1.807, 2.05) is 0 Å². The maximum atomic E-state index is 12.8. The smallest absolute Gasteiger partial charge is 0.319 e. The van der Waals surface area contributed by atoms with E-state index in [1.165, 1.54) is 12.1 Å². The average Bonchev–Trinajstić information content (AvgIpc) is 3.47. The van der Waals surface area contributed by atoms with Gasteiger partial charge in [-0.25, -0.2) is 9.18 Å². The molecule has 0 saturated heterocycles. The third-order valence-electron chi connectivity index (χ3n) is 3.98. The van der Waals surface area contributed by atoms with Gasteiger partial charge in [0.15, 0.2) is 0 Å². The molecule has 142 valence electrons. The van der Waals surface area contributed by atoms with Gasteiger partial charge < -0.3 is 16.0 Å². The lowest BCUT2D eigenvalue weighted by molar-refractivity contribution is 0.0951. The standard InChI is InChI=1S/C20H22FN3O2S/c21-15-5-9-18(10-6-15)27-12-2-11-22-20(26)24-17-4-1-3-14(13-17)19(25)23-16-7-8-16/h1,3-6,9-10,13,16H,2,7-8,11-12H2,(H,23,25)(H2,22,24,26). The SMILES string of the molecule is O=C(NCCCSc1ccc(F)cc1)Nc1cccc(C(=O)NC2CC2)c1. The summed E-state index contributed by atoms with van der Waals surface area (Å²) in [6.07, 6.45) is 2.86. The third kappa shape index (κ3) is 6.60. The molecular formula is C20H22FN3O2S. The minimum absolute atomic E-state index is 0.112. The number of thioether (sulfide) groups is 1. The van der Waals surface area contributed by atoms with Crippen LogP contribution in [0, 0.1) is 5.82 Å². The summed E-state index contributed by atoms with van der Waals surface area (Å²) < 4.78 is 12.8. The largest absolute Gasteiger partial charge is 0.349 e. The Bertz CT molecular complexity index is 794. The van der Waals surface area contributed by atoms with Crippen LogP contribution in [0.3, 0.4) is 0 Å². The lowest BCUT2D eigenvalue weighted by Gasteiger charge is -2.09. The molecule has 5 nitrogen and oxygen atoms in total. The van der Waals surface area contributed by atoms with Crippen molar-refractivity contribution in [1.29, 1.82) is 0 Å². The first kappa shape index (κ1) is 19.2. The van der Waals surface area contributed by atoms with Crippen LogP contribution < -0.4 is 16.0 Å². The van der Waals surface area contributed by atoms with Gasteiger partial charge in [0.05, 0.1) is 0 Å². The van der Waals surface area contributed by atoms with Gasteiger partial charge in [-0.15, -0.1) is 11.8 Å². The number of halogens is 1.